The van der Waals surface area contributed by atoms with Gasteiger partial charge in [0.05, 0.1) is 0 Å². The van der Waals surface area contributed by atoms with E-state index in [0.29, 0.717) is 0 Å². The van der Waals surface area contributed by atoms with E-state index in [1.165, 1.54) is 0 Å². The van der Waals surface area contributed by atoms with E-state index < -0.39 is 46.3 Å². The summed E-state index contributed by atoms with van der Waals surface area (Å²) in [4.78, 5) is 0. The van der Waals surface area contributed by atoms with Gasteiger partial charge in [-0.2, -0.15) is 33.7 Å². The first-order chi connectivity index (χ1) is 5.66. The minimum atomic E-state index is -0.750. The molecular formula is H3NO8S4. The SMILES string of the molecule is N.O=S=O.O=S=O.O=S=O.O=S=O. The Hall–Kier alpha value is -0.760. The molecule has 0 aliphatic carbocycles. The molecule has 0 heterocycles. The second kappa shape index (κ2) is 112. The van der Waals surface area contributed by atoms with E-state index in [2.05, 4.69) is 0 Å². The molecule has 0 aromatic heterocycles. The molecule has 0 fully saturated rings. The van der Waals surface area contributed by atoms with Crippen LogP contribution < -0.4 is 6.15 Å². The van der Waals surface area contributed by atoms with Crippen molar-refractivity contribution >= 4 is 46.3 Å². The van der Waals surface area contributed by atoms with Gasteiger partial charge in [0.15, 0.2) is 0 Å². The van der Waals surface area contributed by atoms with Gasteiger partial charge in [-0.25, -0.2) is 0 Å². The van der Waals surface area contributed by atoms with Crippen molar-refractivity contribution in [2.24, 2.45) is 0 Å². The average Bonchev–Trinajstić information content (AvgIpc) is 1.92. The van der Waals surface area contributed by atoms with Crippen molar-refractivity contribution in [2.75, 3.05) is 0 Å². The second-order valence-corrected chi connectivity index (χ2v) is 0.816. The van der Waals surface area contributed by atoms with Gasteiger partial charge < -0.3 is 6.15 Å². The smallest absolute Gasteiger partial charge is 0.335 e. The van der Waals surface area contributed by atoms with E-state index >= 15 is 0 Å². The van der Waals surface area contributed by atoms with Crippen LogP contribution in [0.5, 0.6) is 0 Å². The van der Waals surface area contributed by atoms with Gasteiger partial charge in [-0.05, 0) is 0 Å². The zero-order valence-corrected chi connectivity index (χ0v) is 8.87. The van der Waals surface area contributed by atoms with Crippen molar-refractivity contribution < 1.29 is 33.7 Å². The summed E-state index contributed by atoms with van der Waals surface area (Å²) in [5.41, 5.74) is 0. The third-order valence-electron chi connectivity index (χ3n) is 0. The normalized spacial score (nSPS) is 3.69. The van der Waals surface area contributed by atoms with Crippen molar-refractivity contribution in [1.82, 2.24) is 6.15 Å². The third kappa shape index (κ3) is 1660. The highest BCUT2D eigenvalue weighted by Crippen LogP contribution is 0.854. The van der Waals surface area contributed by atoms with Crippen LogP contribution in [0.2, 0.25) is 0 Å². The molecular weight excluding hydrogens is 270 g/mol. The molecule has 0 aromatic rings. The van der Waals surface area contributed by atoms with Crippen LogP contribution in [0.3, 0.4) is 0 Å². The molecule has 0 atom stereocenters. The van der Waals surface area contributed by atoms with Crippen LogP contribution in [0.1, 0.15) is 0 Å². The molecule has 0 amide bonds. The predicted molar refractivity (Wildman–Crippen MR) is 40.7 cm³/mol. The molecule has 0 radical (unpaired) electrons. The van der Waals surface area contributed by atoms with Crippen LogP contribution in [0.25, 0.3) is 0 Å². The Morgan fingerprint density at radius 3 is 0.385 bits per heavy atom. The lowest BCUT2D eigenvalue weighted by atomic mass is 14.0. The van der Waals surface area contributed by atoms with Crippen molar-refractivity contribution in [3.05, 3.63) is 0 Å². The predicted octanol–water partition coefficient (Wildman–Crippen LogP) is -2.52. The molecule has 0 aliphatic heterocycles. The van der Waals surface area contributed by atoms with E-state index in [-0.39, 0.29) is 6.15 Å². The minimum Gasteiger partial charge on any atom is -0.344 e. The molecule has 0 saturated carbocycles. The fraction of sp³-hybridized carbons (Fsp3) is 0. The van der Waals surface area contributed by atoms with Gasteiger partial charge in [-0.15, -0.1) is 0 Å². The standard InChI is InChI=1S/H3N.4O2S/c;4*1-3-2/h1H3;;;;. The van der Waals surface area contributed by atoms with E-state index in [1.807, 2.05) is 0 Å². The number of rotatable bonds is 0. The largest absolute Gasteiger partial charge is 0.344 e. The van der Waals surface area contributed by atoms with Gasteiger partial charge in [-0.1, -0.05) is 0 Å². The van der Waals surface area contributed by atoms with Gasteiger partial charge in [0.2, 0.25) is 0 Å². The maximum Gasteiger partial charge on any atom is 0.335 e. The average molecular weight is 273 g/mol. The number of hydrogen-bond donors (Lipinski definition) is 1. The van der Waals surface area contributed by atoms with Gasteiger partial charge in [0.1, 0.15) is 0 Å². The Morgan fingerprint density at radius 2 is 0.385 bits per heavy atom. The fourth-order valence-corrected chi connectivity index (χ4v) is 0. The van der Waals surface area contributed by atoms with Crippen LogP contribution in [-0.2, 0) is 46.3 Å². The Balaban J connectivity index is -0.0000000213. The summed E-state index contributed by atoms with van der Waals surface area (Å²) in [5.74, 6) is 0. The van der Waals surface area contributed by atoms with Crippen LogP contribution in [-0.4, -0.2) is 33.7 Å². The van der Waals surface area contributed by atoms with Gasteiger partial charge in [0, 0.05) is 0 Å². The van der Waals surface area contributed by atoms with Crippen LogP contribution in [0.15, 0.2) is 0 Å². The molecule has 3 N–H and O–H groups in total. The first-order valence-corrected chi connectivity index (χ1v) is 4.00. The van der Waals surface area contributed by atoms with E-state index in [1.54, 1.807) is 0 Å². The summed E-state index contributed by atoms with van der Waals surface area (Å²) in [7, 11) is 0. The van der Waals surface area contributed by atoms with E-state index in [9.17, 15) is 0 Å². The van der Waals surface area contributed by atoms with Crippen LogP contribution in [0, 0.1) is 0 Å². The topological polar surface area (TPSA) is 172 Å². The molecule has 80 valence electrons. The van der Waals surface area contributed by atoms with E-state index in [0.717, 1.165) is 0 Å². The summed E-state index contributed by atoms with van der Waals surface area (Å²) in [6.07, 6.45) is 0. The third-order valence-corrected chi connectivity index (χ3v) is 0. The highest BCUT2D eigenvalue weighted by atomic mass is 32.1. The lowest BCUT2D eigenvalue weighted by Crippen LogP contribution is -1.18. The Kier molecular flexibility index (Phi) is 255. The summed E-state index contributed by atoms with van der Waals surface area (Å²) in [6.45, 7) is 0. The molecule has 0 spiro atoms. The minimum absolute atomic E-state index is 0. The molecule has 13 heavy (non-hydrogen) atoms. The van der Waals surface area contributed by atoms with Gasteiger partial charge in [0.25, 0.3) is 0 Å². The summed E-state index contributed by atoms with van der Waals surface area (Å²) >= 11 is -3.00. The molecule has 0 saturated heterocycles. The lowest BCUT2D eigenvalue weighted by Gasteiger charge is -0.947. The first kappa shape index (κ1) is 29.5. The van der Waals surface area contributed by atoms with Crippen LogP contribution in [0.4, 0.5) is 0 Å². The maximum atomic E-state index is 8.29. The molecule has 0 unspecified atom stereocenters. The molecule has 13 heteroatoms. The maximum absolute atomic E-state index is 8.29. The lowest BCUT2D eigenvalue weighted by molar-refractivity contribution is 0.628. The van der Waals surface area contributed by atoms with E-state index in [4.69, 9.17) is 33.7 Å². The molecule has 0 rings (SSSR count). The summed E-state index contributed by atoms with van der Waals surface area (Å²) in [5, 5.41) is 0. The van der Waals surface area contributed by atoms with Crippen molar-refractivity contribution in [3.63, 3.8) is 0 Å². The molecule has 0 aromatic carbocycles. The second-order valence-electron chi connectivity index (χ2n) is 0.272. The Bertz CT molecular complexity index is 148. The Labute approximate surface area is 86.3 Å². The molecule has 0 aliphatic rings. The highest BCUT2D eigenvalue weighted by Gasteiger charge is 1.12. The zero-order chi connectivity index (χ0) is 10.8. The summed E-state index contributed by atoms with van der Waals surface area (Å²) < 4.78 is 66.3. The van der Waals surface area contributed by atoms with Crippen molar-refractivity contribution in [3.8, 4) is 0 Å². The fourth-order valence-electron chi connectivity index (χ4n) is 0. The number of hydrogen-bond acceptors (Lipinski definition) is 9. The Morgan fingerprint density at radius 1 is 0.385 bits per heavy atom. The molecule has 9 nitrogen and oxygen atoms in total. The van der Waals surface area contributed by atoms with Gasteiger partial charge in [-0.3, -0.25) is 0 Å². The van der Waals surface area contributed by atoms with Gasteiger partial charge >= 0.3 is 46.3 Å². The summed E-state index contributed by atoms with van der Waals surface area (Å²) in [6, 6.07) is 0. The van der Waals surface area contributed by atoms with Crippen LogP contribution >= 0.6 is 0 Å². The molecule has 0 bridgehead atoms. The first-order valence-electron chi connectivity index (χ1n) is 1.33. The monoisotopic (exact) mass is 273 g/mol. The zero-order valence-electron chi connectivity index (χ0n) is 5.61. The van der Waals surface area contributed by atoms with Crippen molar-refractivity contribution in [2.45, 2.75) is 0 Å². The highest BCUT2D eigenvalue weighted by molar-refractivity contribution is 7.52. The quantitative estimate of drug-likeness (QED) is 0.499. The van der Waals surface area contributed by atoms with Crippen molar-refractivity contribution in [1.29, 1.82) is 0 Å².